The van der Waals surface area contributed by atoms with E-state index in [1.54, 1.807) is 6.92 Å². The van der Waals surface area contributed by atoms with Crippen molar-refractivity contribution in [2.24, 2.45) is 0 Å². The van der Waals surface area contributed by atoms with Gasteiger partial charge in [0.2, 0.25) is 5.91 Å². The topological polar surface area (TPSA) is 91.4 Å². The molecule has 0 spiro atoms. The van der Waals surface area contributed by atoms with E-state index in [2.05, 4.69) is 16.4 Å². The van der Waals surface area contributed by atoms with Gasteiger partial charge in [0.25, 0.3) is 0 Å². The Morgan fingerprint density at radius 3 is 2.79 bits per heavy atom. The highest BCUT2D eigenvalue weighted by molar-refractivity contribution is 5.85. The number of fused-ring (bicyclic) bond motifs is 1. The van der Waals surface area contributed by atoms with Gasteiger partial charge in [-0.25, -0.2) is 0 Å². The molecule has 1 aromatic heterocycles. The number of benzene rings is 1. The predicted molar refractivity (Wildman–Crippen MR) is 92.0 cm³/mol. The van der Waals surface area contributed by atoms with Crippen LogP contribution in [0.1, 0.15) is 30.9 Å². The van der Waals surface area contributed by atoms with Gasteiger partial charge in [-0.05, 0) is 38.0 Å². The molecule has 1 atom stereocenters. The molecule has 2 aromatic rings. The van der Waals surface area contributed by atoms with Crippen LogP contribution in [0.25, 0.3) is 10.9 Å². The maximum absolute atomic E-state index is 12.2. The molecule has 0 radical (unpaired) electrons. The van der Waals surface area contributed by atoms with Gasteiger partial charge in [0, 0.05) is 30.6 Å². The van der Waals surface area contributed by atoms with E-state index in [-0.39, 0.29) is 18.9 Å². The molecule has 0 saturated carbocycles. The van der Waals surface area contributed by atoms with Crippen LogP contribution in [0.15, 0.2) is 24.4 Å². The fourth-order valence-electron chi connectivity index (χ4n) is 2.93. The highest BCUT2D eigenvalue weighted by Crippen LogP contribution is 2.21. The first-order valence-corrected chi connectivity index (χ1v) is 7.91. The summed E-state index contributed by atoms with van der Waals surface area (Å²) in [7, 11) is 1.49. The Labute approximate surface area is 141 Å². The van der Waals surface area contributed by atoms with E-state index in [4.69, 9.17) is 9.84 Å². The van der Waals surface area contributed by atoms with Gasteiger partial charge in [-0.15, -0.1) is 0 Å². The molecule has 6 nitrogen and oxygen atoms in total. The Balaban J connectivity index is 2.01. The molecule has 6 heteroatoms. The van der Waals surface area contributed by atoms with Crippen molar-refractivity contribution in [2.75, 3.05) is 13.7 Å². The predicted octanol–water partition coefficient (Wildman–Crippen LogP) is 2.40. The summed E-state index contributed by atoms with van der Waals surface area (Å²) in [6, 6.07) is 6.16. The zero-order chi connectivity index (χ0) is 17.7. The monoisotopic (exact) mass is 332 g/mol. The van der Waals surface area contributed by atoms with E-state index < -0.39 is 11.5 Å². The van der Waals surface area contributed by atoms with Gasteiger partial charge in [0.05, 0.1) is 18.6 Å². The van der Waals surface area contributed by atoms with Crippen molar-refractivity contribution in [3.63, 3.8) is 0 Å². The normalized spacial score (nSPS) is 13.6. The zero-order valence-corrected chi connectivity index (χ0v) is 14.3. The number of rotatable bonds is 8. The lowest BCUT2D eigenvalue weighted by atomic mass is 9.98. The lowest BCUT2D eigenvalue weighted by molar-refractivity contribution is -0.139. The first-order chi connectivity index (χ1) is 11.3. The summed E-state index contributed by atoms with van der Waals surface area (Å²) in [4.78, 5) is 26.4. The Kier molecular flexibility index (Phi) is 5.62. The van der Waals surface area contributed by atoms with Crippen molar-refractivity contribution in [1.82, 2.24) is 10.3 Å². The molecule has 1 unspecified atom stereocenters. The van der Waals surface area contributed by atoms with E-state index in [9.17, 15) is 9.59 Å². The third-order valence-electron chi connectivity index (χ3n) is 3.99. The van der Waals surface area contributed by atoms with Crippen LogP contribution < -0.4 is 5.32 Å². The number of carboxylic acids is 1. The molecule has 0 aliphatic rings. The quantitative estimate of drug-likeness (QED) is 0.692. The minimum Gasteiger partial charge on any atom is -0.481 e. The molecule has 0 aliphatic carbocycles. The highest BCUT2D eigenvalue weighted by Gasteiger charge is 2.29. The van der Waals surface area contributed by atoms with E-state index in [1.165, 1.54) is 12.7 Å². The van der Waals surface area contributed by atoms with E-state index in [1.807, 2.05) is 25.3 Å². The maximum atomic E-state index is 12.2. The Bertz CT molecular complexity index is 738. The first kappa shape index (κ1) is 18.0. The molecule has 1 heterocycles. The van der Waals surface area contributed by atoms with Crippen LogP contribution in [0.5, 0.6) is 0 Å². The minimum absolute atomic E-state index is 0.150. The van der Waals surface area contributed by atoms with Crippen LogP contribution in [-0.2, 0) is 20.7 Å². The second-order valence-corrected chi connectivity index (χ2v) is 6.48. The zero-order valence-electron chi connectivity index (χ0n) is 14.3. The number of methoxy groups -OCH3 is 1. The Morgan fingerprint density at radius 1 is 1.38 bits per heavy atom. The summed E-state index contributed by atoms with van der Waals surface area (Å²) in [6.07, 6.45) is 2.62. The number of amides is 1. The van der Waals surface area contributed by atoms with Crippen molar-refractivity contribution in [2.45, 2.75) is 38.6 Å². The lowest BCUT2D eigenvalue weighted by Crippen LogP contribution is -2.50. The molecule has 130 valence electrons. The van der Waals surface area contributed by atoms with Crippen molar-refractivity contribution in [3.8, 4) is 0 Å². The molecule has 1 amide bonds. The minimum atomic E-state index is -0.970. The number of nitrogens with one attached hydrogen (secondary N) is 2. The lowest BCUT2D eigenvalue weighted by Gasteiger charge is -2.28. The molecule has 0 bridgehead atoms. The van der Waals surface area contributed by atoms with Gasteiger partial charge in [-0.3, -0.25) is 9.59 Å². The summed E-state index contributed by atoms with van der Waals surface area (Å²) in [5.74, 6) is -1.15. The Hall–Kier alpha value is -2.34. The number of aromatic nitrogens is 1. The first-order valence-electron chi connectivity index (χ1n) is 7.91. The molecule has 2 rings (SSSR count). The summed E-state index contributed by atoms with van der Waals surface area (Å²) in [6.45, 7) is 3.86. The number of hydrogen-bond donors (Lipinski definition) is 3. The van der Waals surface area contributed by atoms with Gasteiger partial charge in [0.1, 0.15) is 0 Å². The number of ether oxygens (including phenoxy) is 1. The van der Waals surface area contributed by atoms with Gasteiger partial charge >= 0.3 is 5.97 Å². The number of aromatic amines is 1. The third-order valence-corrected chi connectivity index (χ3v) is 3.99. The van der Waals surface area contributed by atoms with Gasteiger partial charge in [0.15, 0.2) is 0 Å². The number of carboxylic acid groups (broad SMARTS) is 1. The smallest absolute Gasteiger partial charge is 0.305 e. The van der Waals surface area contributed by atoms with Gasteiger partial charge in [-0.1, -0.05) is 11.6 Å². The fraction of sp³-hybridized carbons (Fsp3) is 0.444. The standard InChI is InChI=1S/C18H24N2O4/c1-12-4-6-15-14(8-12)13(10-19-15)5-7-16(21)20-18(2,11-24-3)9-17(22)23/h4,6,8,10,19H,5,7,9,11H2,1-3H3,(H,20,21)(H,22,23). The second-order valence-electron chi connectivity index (χ2n) is 6.48. The third kappa shape index (κ3) is 4.58. The van der Waals surface area contributed by atoms with E-state index in [0.29, 0.717) is 12.8 Å². The Morgan fingerprint density at radius 2 is 2.12 bits per heavy atom. The maximum Gasteiger partial charge on any atom is 0.305 e. The van der Waals surface area contributed by atoms with Crippen LogP contribution >= 0.6 is 0 Å². The van der Waals surface area contributed by atoms with Crippen molar-refractivity contribution >= 4 is 22.8 Å². The SMILES string of the molecule is COCC(C)(CC(=O)O)NC(=O)CCc1c[nH]c2ccc(C)cc12. The number of aliphatic carboxylic acids is 1. The number of H-pyrrole nitrogens is 1. The van der Waals surface area contributed by atoms with Crippen molar-refractivity contribution in [3.05, 3.63) is 35.5 Å². The molecular formula is C18H24N2O4. The molecule has 3 N–H and O–H groups in total. The number of hydrogen-bond acceptors (Lipinski definition) is 3. The molecule has 0 fully saturated rings. The largest absolute Gasteiger partial charge is 0.481 e. The number of aryl methyl sites for hydroxylation is 2. The van der Waals surface area contributed by atoms with Gasteiger partial charge < -0.3 is 20.1 Å². The molecule has 1 aromatic carbocycles. The van der Waals surface area contributed by atoms with Crippen LogP contribution in [0.2, 0.25) is 0 Å². The molecular weight excluding hydrogens is 308 g/mol. The summed E-state index contributed by atoms with van der Waals surface area (Å²) in [5.41, 5.74) is 2.39. The van der Waals surface area contributed by atoms with Crippen molar-refractivity contribution in [1.29, 1.82) is 0 Å². The average Bonchev–Trinajstić information content (AvgIpc) is 2.86. The van der Waals surface area contributed by atoms with Crippen LogP contribution in [0, 0.1) is 6.92 Å². The van der Waals surface area contributed by atoms with Crippen molar-refractivity contribution < 1.29 is 19.4 Å². The highest BCUT2D eigenvalue weighted by atomic mass is 16.5. The van der Waals surface area contributed by atoms with E-state index >= 15 is 0 Å². The van der Waals surface area contributed by atoms with Crippen LogP contribution in [0.3, 0.4) is 0 Å². The van der Waals surface area contributed by atoms with E-state index in [0.717, 1.165) is 16.5 Å². The molecule has 0 aliphatic heterocycles. The summed E-state index contributed by atoms with van der Waals surface area (Å²) >= 11 is 0. The number of carbonyl (C=O) groups excluding carboxylic acids is 1. The second kappa shape index (κ2) is 7.49. The average molecular weight is 332 g/mol. The molecule has 24 heavy (non-hydrogen) atoms. The van der Waals surface area contributed by atoms with Crippen LogP contribution in [-0.4, -0.2) is 41.2 Å². The summed E-state index contributed by atoms with van der Waals surface area (Å²) in [5, 5.41) is 12.9. The summed E-state index contributed by atoms with van der Waals surface area (Å²) < 4.78 is 5.05. The van der Waals surface area contributed by atoms with Crippen LogP contribution in [0.4, 0.5) is 0 Å². The number of carbonyl (C=O) groups is 2. The molecule has 0 saturated heterocycles. The van der Waals surface area contributed by atoms with Gasteiger partial charge in [-0.2, -0.15) is 0 Å². The fourth-order valence-corrected chi connectivity index (χ4v) is 2.93.